The van der Waals surface area contributed by atoms with E-state index in [-0.39, 0.29) is 10.8 Å². The van der Waals surface area contributed by atoms with Crippen molar-refractivity contribution < 1.29 is 4.42 Å². The first-order chi connectivity index (χ1) is 29.9. The first kappa shape index (κ1) is 35.5. The molecule has 12 rings (SSSR count). The van der Waals surface area contributed by atoms with Gasteiger partial charge in [0.25, 0.3) is 0 Å². The molecule has 1 aromatic heterocycles. The van der Waals surface area contributed by atoms with Crippen molar-refractivity contribution in [2.45, 2.75) is 31.6 Å². The Morgan fingerprint density at radius 3 is 1.79 bits per heavy atom. The van der Waals surface area contributed by atoms with Gasteiger partial charge in [0.2, 0.25) is 0 Å². The highest BCUT2D eigenvalue weighted by atomic mass is 16.3. The van der Waals surface area contributed by atoms with Gasteiger partial charge in [0.15, 0.2) is 0 Å². The predicted molar refractivity (Wildman–Crippen MR) is 254 cm³/mol. The zero-order chi connectivity index (χ0) is 40.9. The zero-order valence-corrected chi connectivity index (χ0v) is 34.5. The highest BCUT2D eigenvalue weighted by Crippen LogP contribution is 2.55. The third-order valence-corrected chi connectivity index (χ3v) is 13.7. The lowest BCUT2D eigenvalue weighted by atomic mass is 9.74. The van der Waals surface area contributed by atoms with Crippen LogP contribution in [0.5, 0.6) is 0 Å². The van der Waals surface area contributed by atoms with E-state index in [4.69, 9.17) is 4.42 Å². The maximum Gasteiger partial charge on any atom is 0.136 e. The van der Waals surface area contributed by atoms with Crippen molar-refractivity contribution in [3.8, 4) is 44.5 Å². The molecule has 1 atom stereocenters. The number of rotatable bonds is 6. The molecule has 9 aromatic carbocycles. The Balaban J connectivity index is 1.02. The average Bonchev–Trinajstić information content (AvgIpc) is 3.90. The van der Waals surface area contributed by atoms with Crippen molar-refractivity contribution in [2.24, 2.45) is 0 Å². The van der Waals surface area contributed by atoms with Crippen LogP contribution >= 0.6 is 0 Å². The van der Waals surface area contributed by atoms with Gasteiger partial charge in [-0.25, -0.2) is 0 Å². The van der Waals surface area contributed by atoms with E-state index in [0.717, 1.165) is 50.1 Å². The molecule has 1 heterocycles. The summed E-state index contributed by atoms with van der Waals surface area (Å²) in [4.78, 5) is 2.43. The van der Waals surface area contributed by atoms with E-state index in [1.165, 1.54) is 61.2 Å². The van der Waals surface area contributed by atoms with E-state index in [2.05, 4.69) is 220 Å². The first-order valence-electron chi connectivity index (χ1n) is 21.3. The number of fused-ring (bicyclic) bond motifs is 9. The Hall–Kier alpha value is -7.42. The summed E-state index contributed by atoms with van der Waals surface area (Å²) in [5.74, 6) is 0. The summed E-state index contributed by atoms with van der Waals surface area (Å²) in [6, 6.07) is 75.7. The van der Waals surface area contributed by atoms with Crippen molar-refractivity contribution in [2.75, 3.05) is 4.90 Å². The van der Waals surface area contributed by atoms with Gasteiger partial charge in [-0.3, -0.25) is 0 Å². The summed E-state index contributed by atoms with van der Waals surface area (Å²) in [7, 11) is 0. The number of para-hydroxylation sites is 1. The molecule has 0 radical (unpaired) electrons. The predicted octanol–water partition coefficient (Wildman–Crippen LogP) is 16.0. The molecule has 2 aliphatic carbocycles. The van der Waals surface area contributed by atoms with Gasteiger partial charge in [-0.1, -0.05) is 166 Å². The van der Waals surface area contributed by atoms with Crippen LogP contribution in [0.1, 0.15) is 48.6 Å². The molecular formula is C59H43NO. The van der Waals surface area contributed by atoms with Crippen LogP contribution in [0.3, 0.4) is 0 Å². The Bertz CT molecular complexity index is 3350. The fourth-order valence-electron chi connectivity index (χ4n) is 10.8. The van der Waals surface area contributed by atoms with Gasteiger partial charge in [-0.05, 0) is 134 Å². The lowest BCUT2D eigenvalue weighted by molar-refractivity contribution is 0.662. The zero-order valence-electron chi connectivity index (χ0n) is 34.5. The number of nitrogens with zero attached hydrogens (tertiary/aromatic N) is 1. The SMILES string of the molecule is CC1(C)c2ccccc2-c2cccc(-c3ccc(N(c4cccc(-c5ccc6c(c5)oc5ccccc56)c4)c4ccc5c(c4)C(C)(c4ccccc4)c4ccccc4-5)cc3)c21. The van der Waals surface area contributed by atoms with Crippen molar-refractivity contribution in [3.05, 3.63) is 234 Å². The van der Waals surface area contributed by atoms with Gasteiger partial charge < -0.3 is 9.32 Å². The number of hydrogen-bond donors (Lipinski definition) is 0. The van der Waals surface area contributed by atoms with Gasteiger partial charge >= 0.3 is 0 Å². The Labute approximate surface area is 357 Å². The highest BCUT2D eigenvalue weighted by molar-refractivity contribution is 6.06. The van der Waals surface area contributed by atoms with Crippen molar-refractivity contribution in [3.63, 3.8) is 0 Å². The molecule has 1 unspecified atom stereocenters. The topological polar surface area (TPSA) is 16.4 Å². The van der Waals surface area contributed by atoms with Crippen LogP contribution in [0.15, 0.2) is 211 Å². The summed E-state index contributed by atoms with van der Waals surface area (Å²) in [6.45, 7) is 7.12. The monoisotopic (exact) mass is 781 g/mol. The summed E-state index contributed by atoms with van der Waals surface area (Å²) in [6.07, 6.45) is 0. The third-order valence-electron chi connectivity index (χ3n) is 13.7. The maximum atomic E-state index is 6.35. The number of furan rings is 1. The largest absolute Gasteiger partial charge is 0.456 e. The normalized spacial score (nSPS) is 15.7. The molecule has 290 valence electrons. The minimum atomic E-state index is -0.319. The summed E-state index contributed by atoms with van der Waals surface area (Å²) < 4.78 is 6.35. The van der Waals surface area contributed by atoms with Gasteiger partial charge in [-0.15, -0.1) is 0 Å². The Morgan fingerprint density at radius 1 is 0.361 bits per heavy atom. The number of hydrogen-bond acceptors (Lipinski definition) is 2. The second kappa shape index (κ2) is 13.3. The van der Waals surface area contributed by atoms with E-state index >= 15 is 0 Å². The fraction of sp³-hybridized carbons (Fsp3) is 0.0847. The molecule has 2 heteroatoms. The number of anilines is 3. The van der Waals surface area contributed by atoms with Crippen LogP contribution < -0.4 is 4.90 Å². The molecule has 2 nitrogen and oxygen atoms in total. The third kappa shape index (κ3) is 5.28. The molecule has 0 fully saturated rings. The maximum absolute atomic E-state index is 6.35. The lowest BCUT2D eigenvalue weighted by Crippen LogP contribution is -2.22. The van der Waals surface area contributed by atoms with Gasteiger partial charge in [-0.2, -0.15) is 0 Å². The van der Waals surface area contributed by atoms with E-state index in [1.807, 2.05) is 12.1 Å². The minimum Gasteiger partial charge on any atom is -0.456 e. The molecule has 61 heavy (non-hydrogen) atoms. The van der Waals surface area contributed by atoms with Crippen LogP contribution in [0, 0.1) is 0 Å². The van der Waals surface area contributed by atoms with Gasteiger partial charge in [0, 0.05) is 38.7 Å². The highest BCUT2D eigenvalue weighted by Gasteiger charge is 2.41. The van der Waals surface area contributed by atoms with E-state index < -0.39 is 0 Å². The molecule has 0 bridgehead atoms. The summed E-state index contributed by atoms with van der Waals surface area (Å²) in [5.41, 5.74) is 21.4. The van der Waals surface area contributed by atoms with Gasteiger partial charge in [0.05, 0.1) is 0 Å². The van der Waals surface area contributed by atoms with Crippen LogP contribution in [0.25, 0.3) is 66.4 Å². The Kier molecular flexibility index (Phi) is 7.74. The van der Waals surface area contributed by atoms with Crippen molar-refractivity contribution in [1.82, 2.24) is 0 Å². The second-order valence-electron chi connectivity index (χ2n) is 17.4. The lowest BCUT2D eigenvalue weighted by Gasteiger charge is -2.31. The standard InChI is InChI=1S/C59H43NO/c1-58(2)52-24-10-7-20-47(52)51-23-14-22-45(57(51)58)38-27-30-42(31-28-38)60(43-18-13-15-39(35-43)40-29-33-50-49-21-9-12-26-55(49)61-56(50)36-40)44-32-34-48-46-19-8-11-25-53(46)59(3,54(48)37-44)41-16-5-4-6-17-41/h4-37H,1-3H3. The smallest absolute Gasteiger partial charge is 0.136 e. The molecular weight excluding hydrogens is 739 g/mol. The van der Waals surface area contributed by atoms with Crippen LogP contribution in [0.2, 0.25) is 0 Å². The molecule has 0 saturated heterocycles. The van der Waals surface area contributed by atoms with Gasteiger partial charge in [0.1, 0.15) is 11.2 Å². The summed E-state index contributed by atoms with van der Waals surface area (Å²) >= 11 is 0. The number of benzene rings is 9. The molecule has 0 spiro atoms. The molecule has 0 amide bonds. The average molecular weight is 782 g/mol. The molecule has 10 aromatic rings. The quantitative estimate of drug-likeness (QED) is 0.167. The summed E-state index contributed by atoms with van der Waals surface area (Å²) in [5, 5.41) is 2.27. The van der Waals surface area contributed by atoms with E-state index in [1.54, 1.807) is 0 Å². The second-order valence-corrected chi connectivity index (χ2v) is 17.4. The van der Waals surface area contributed by atoms with Crippen molar-refractivity contribution >= 4 is 39.0 Å². The molecule has 0 aliphatic heterocycles. The molecule has 2 aliphatic rings. The molecule has 0 N–H and O–H groups in total. The first-order valence-corrected chi connectivity index (χ1v) is 21.3. The van der Waals surface area contributed by atoms with E-state index in [0.29, 0.717) is 0 Å². The van der Waals surface area contributed by atoms with E-state index in [9.17, 15) is 0 Å². The van der Waals surface area contributed by atoms with Crippen molar-refractivity contribution in [1.29, 1.82) is 0 Å². The van der Waals surface area contributed by atoms with Crippen LogP contribution in [0.4, 0.5) is 17.1 Å². The molecule has 0 saturated carbocycles. The minimum absolute atomic E-state index is 0.105. The fourth-order valence-corrected chi connectivity index (χ4v) is 10.8. The van der Waals surface area contributed by atoms with Crippen LogP contribution in [-0.4, -0.2) is 0 Å². The van der Waals surface area contributed by atoms with Crippen LogP contribution in [-0.2, 0) is 10.8 Å². The Morgan fingerprint density at radius 2 is 0.951 bits per heavy atom.